The number of nitrogens with zero attached hydrogens (tertiary/aromatic N) is 2. The minimum absolute atomic E-state index is 0.0146. The van der Waals surface area contributed by atoms with Crippen LogP contribution >= 0.6 is 0 Å². The van der Waals surface area contributed by atoms with Crippen LogP contribution in [0.5, 0.6) is 0 Å². The molecule has 0 aliphatic heterocycles. The van der Waals surface area contributed by atoms with Gasteiger partial charge in [-0.05, 0) is 30.7 Å². The van der Waals surface area contributed by atoms with Gasteiger partial charge in [0.2, 0.25) is 5.78 Å². The third kappa shape index (κ3) is 2.95. The molecule has 6 heteroatoms. The molecular formula is C22H16N2O4. The number of ketones is 2. The van der Waals surface area contributed by atoms with Gasteiger partial charge in [-0.25, -0.2) is 9.48 Å². The van der Waals surface area contributed by atoms with Gasteiger partial charge in [-0.2, -0.15) is 5.10 Å². The molecule has 0 radical (unpaired) electrons. The summed E-state index contributed by atoms with van der Waals surface area (Å²) in [5.74, 6) is -0.953. The van der Waals surface area contributed by atoms with E-state index in [2.05, 4.69) is 5.10 Å². The second kappa shape index (κ2) is 6.74. The van der Waals surface area contributed by atoms with Crippen molar-refractivity contribution in [2.75, 3.05) is 0 Å². The smallest absolute Gasteiger partial charge is 0.347 e. The first-order valence-electron chi connectivity index (χ1n) is 8.70. The summed E-state index contributed by atoms with van der Waals surface area (Å²) in [6.07, 6.45) is 1.48. The highest BCUT2D eigenvalue weighted by Crippen LogP contribution is 2.20. The van der Waals surface area contributed by atoms with E-state index in [0.29, 0.717) is 11.0 Å². The Balaban J connectivity index is 1.88. The summed E-state index contributed by atoms with van der Waals surface area (Å²) in [7, 11) is 0. The molecule has 0 N–H and O–H groups in total. The van der Waals surface area contributed by atoms with Gasteiger partial charge in [0.25, 0.3) is 0 Å². The van der Waals surface area contributed by atoms with Crippen LogP contribution in [0.4, 0.5) is 0 Å². The van der Waals surface area contributed by atoms with Crippen molar-refractivity contribution in [1.29, 1.82) is 0 Å². The number of Topliss-reactive ketones (excluding diaryl/α,β-unsaturated/α-hetero) is 1. The first kappa shape index (κ1) is 17.6. The molecule has 0 aliphatic rings. The normalized spacial score (nSPS) is 10.9. The molecule has 28 heavy (non-hydrogen) atoms. The Labute approximate surface area is 160 Å². The molecule has 0 unspecified atom stereocenters. The van der Waals surface area contributed by atoms with Gasteiger partial charge >= 0.3 is 5.63 Å². The Hall–Kier alpha value is -3.80. The van der Waals surface area contributed by atoms with E-state index in [1.807, 2.05) is 31.2 Å². The van der Waals surface area contributed by atoms with E-state index in [0.717, 1.165) is 11.3 Å². The minimum atomic E-state index is -0.748. The van der Waals surface area contributed by atoms with Crippen molar-refractivity contribution in [3.05, 3.63) is 93.6 Å². The van der Waals surface area contributed by atoms with Gasteiger partial charge in [0.1, 0.15) is 16.8 Å². The fraction of sp³-hybridized carbons (Fsp3) is 0.0909. The molecule has 6 nitrogen and oxygen atoms in total. The Bertz CT molecular complexity index is 1300. The zero-order valence-corrected chi connectivity index (χ0v) is 15.3. The van der Waals surface area contributed by atoms with E-state index < -0.39 is 11.4 Å². The molecule has 0 fully saturated rings. The van der Waals surface area contributed by atoms with E-state index in [1.165, 1.54) is 23.9 Å². The topological polar surface area (TPSA) is 82.2 Å². The predicted molar refractivity (Wildman–Crippen MR) is 104 cm³/mol. The molecule has 0 spiro atoms. The number of rotatable bonds is 4. The minimum Gasteiger partial charge on any atom is -0.422 e. The van der Waals surface area contributed by atoms with Gasteiger partial charge < -0.3 is 4.42 Å². The maximum Gasteiger partial charge on any atom is 0.347 e. The predicted octanol–water partition coefficient (Wildman–Crippen LogP) is 3.72. The van der Waals surface area contributed by atoms with Crippen LogP contribution in [0.15, 0.2) is 70.0 Å². The first-order valence-corrected chi connectivity index (χ1v) is 8.70. The maximum atomic E-state index is 13.1. The average molecular weight is 372 g/mol. The molecule has 0 amide bonds. The number of carbonyl (C=O) groups excluding carboxylic acids is 2. The maximum absolute atomic E-state index is 13.1. The summed E-state index contributed by atoms with van der Waals surface area (Å²) >= 11 is 0. The number of benzene rings is 2. The quantitative estimate of drug-likeness (QED) is 0.403. The third-order valence-electron chi connectivity index (χ3n) is 4.54. The van der Waals surface area contributed by atoms with Crippen LogP contribution in [0, 0.1) is 6.92 Å². The van der Waals surface area contributed by atoms with E-state index in [-0.39, 0.29) is 22.6 Å². The van der Waals surface area contributed by atoms with Crippen LogP contribution in [0.3, 0.4) is 0 Å². The summed E-state index contributed by atoms with van der Waals surface area (Å²) in [6, 6.07) is 15.9. The Morgan fingerprint density at radius 3 is 2.46 bits per heavy atom. The van der Waals surface area contributed by atoms with Crippen molar-refractivity contribution in [3.63, 3.8) is 0 Å². The summed E-state index contributed by atoms with van der Waals surface area (Å²) < 4.78 is 6.75. The lowest BCUT2D eigenvalue weighted by molar-refractivity contribution is 0.0986. The number of carbonyl (C=O) groups is 2. The summed E-state index contributed by atoms with van der Waals surface area (Å²) in [5.41, 5.74) is 1.27. The highest BCUT2D eigenvalue weighted by atomic mass is 16.4. The van der Waals surface area contributed by atoms with Crippen LogP contribution in [-0.2, 0) is 0 Å². The number of hydrogen-bond donors (Lipinski definition) is 0. The standard InChI is InChI=1S/C22H16N2O4/c1-13-7-3-5-9-18(13)24-12-17(20(23-24)14(2)25)21(26)16-11-15-8-4-6-10-19(15)28-22(16)27/h3-12H,1-2H3. The molecule has 4 aromatic rings. The van der Waals surface area contributed by atoms with Crippen molar-refractivity contribution >= 4 is 22.5 Å². The first-order chi connectivity index (χ1) is 13.5. The van der Waals surface area contributed by atoms with Crippen molar-refractivity contribution in [2.45, 2.75) is 13.8 Å². The van der Waals surface area contributed by atoms with Gasteiger partial charge in [0.15, 0.2) is 5.78 Å². The number of para-hydroxylation sites is 2. The molecule has 0 saturated carbocycles. The molecule has 2 aromatic heterocycles. The molecule has 0 atom stereocenters. The van der Waals surface area contributed by atoms with Gasteiger partial charge in [0, 0.05) is 18.5 Å². The van der Waals surface area contributed by atoms with Gasteiger partial charge in [-0.3, -0.25) is 9.59 Å². The fourth-order valence-corrected chi connectivity index (χ4v) is 3.11. The van der Waals surface area contributed by atoms with Crippen LogP contribution in [0.1, 0.15) is 38.9 Å². The fourth-order valence-electron chi connectivity index (χ4n) is 3.11. The Kier molecular flexibility index (Phi) is 4.24. The van der Waals surface area contributed by atoms with Crippen LogP contribution < -0.4 is 5.63 Å². The van der Waals surface area contributed by atoms with E-state index >= 15 is 0 Å². The summed E-state index contributed by atoms with van der Waals surface area (Å²) in [4.78, 5) is 37.6. The summed E-state index contributed by atoms with van der Waals surface area (Å²) in [6.45, 7) is 3.24. The lowest BCUT2D eigenvalue weighted by atomic mass is 10.0. The zero-order chi connectivity index (χ0) is 19.8. The molecule has 0 saturated heterocycles. The Morgan fingerprint density at radius 2 is 1.71 bits per heavy atom. The van der Waals surface area contributed by atoms with E-state index in [1.54, 1.807) is 24.3 Å². The van der Waals surface area contributed by atoms with Gasteiger partial charge in [-0.1, -0.05) is 36.4 Å². The summed E-state index contributed by atoms with van der Waals surface area (Å²) in [5, 5.41) is 4.92. The van der Waals surface area contributed by atoms with E-state index in [9.17, 15) is 14.4 Å². The highest BCUT2D eigenvalue weighted by Gasteiger charge is 2.24. The van der Waals surface area contributed by atoms with Gasteiger partial charge in [-0.15, -0.1) is 0 Å². The molecule has 0 aliphatic carbocycles. The van der Waals surface area contributed by atoms with Crippen molar-refractivity contribution in [1.82, 2.24) is 9.78 Å². The van der Waals surface area contributed by atoms with Crippen molar-refractivity contribution < 1.29 is 14.0 Å². The average Bonchev–Trinajstić information content (AvgIpc) is 3.13. The molecular weight excluding hydrogens is 356 g/mol. The van der Waals surface area contributed by atoms with Crippen LogP contribution in [0.25, 0.3) is 16.7 Å². The highest BCUT2D eigenvalue weighted by molar-refractivity contribution is 6.15. The van der Waals surface area contributed by atoms with E-state index in [4.69, 9.17) is 4.42 Å². The zero-order valence-electron chi connectivity index (χ0n) is 15.3. The third-order valence-corrected chi connectivity index (χ3v) is 4.54. The second-order valence-electron chi connectivity index (χ2n) is 6.49. The largest absolute Gasteiger partial charge is 0.422 e. The second-order valence-corrected chi connectivity index (χ2v) is 6.49. The van der Waals surface area contributed by atoms with Crippen molar-refractivity contribution in [2.24, 2.45) is 0 Å². The van der Waals surface area contributed by atoms with Gasteiger partial charge in [0.05, 0.1) is 11.3 Å². The number of aryl methyl sites for hydroxylation is 1. The lowest BCUT2D eigenvalue weighted by Crippen LogP contribution is -2.16. The molecule has 2 aromatic carbocycles. The molecule has 4 rings (SSSR count). The molecule has 2 heterocycles. The lowest BCUT2D eigenvalue weighted by Gasteiger charge is -2.04. The Morgan fingerprint density at radius 1 is 1.00 bits per heavy atom. The molecule has 0 bridgehead atoms. The SMILES string of the molecule is CC(=O)c1nn(-c2ccccc2C)cc1C(=O)c1cc2ccccc2oc1=O. The number of aromatic nitrogens is 2. The number of fused-ring (bicyclic) bond motifs is 1. The van der Waals surface area contributed by atoms with Crippen LogP contribution in [-0.4, -0.2) is 21.3 Å². The van der Waals surface area contributed by atoms with Crippen molar-refractivity contribution in [3.8, 4) is 5.69 Å². The monoisotopic (exact) mass is 372 g/mol. The number of hydrogen-bond acceptors (Lipinski definition) is 5. The molecule has 138 valence electrons. The van der Waals surface area contributed by atoms with Crippen LogP contribution in [0.2, 0.25) is 0 Å².